The van der Waals surface area contributed by atoms with Gasteiger partial charge in [-0.2, -0.15) is 5.26 Å². The number of alkyl carbamates (subject to hydrolysis) is 1. The SMILES string of the molecule is CC(C)C(CS(=O)(=O)Cc1ccc(C#N)cc1)NC(=O)OC(C)(C)C. The molecule has 138 valence electrons. The zero-order valence-electron chi connectivity index (χ0n) is 15.4. The van der Waals surface area contributed by atoms with E-state index in [1.807, 2.05) is 19.9 Å². The number of hydrogen-bond acceptors (Lipinski definition) is 5. The van der Waals surface area contributed by atoms with Crippen LogP contribution in [0.2, 0.25) is 0 Å². The highest BCUT2D eigenvalue weighted by atomic mass is 32.2. The van der Waals surface area contributed by atoms with Crippen molar-refractivity contribution in [2.45, 2.75) is 52.0 Å². The van der Waals surface area contributed by atoms with Gasteiger partial charge >= 0.3 is 6.09 Å². The first-order chi connectivity index (χ1) is 11.4. The molecule has 0 aliphatic rings. The van der Waals surface area contributed by atoms with Crippen LogP contribution in [0.4, 0.5) is 4.79 Å². The van der Waals surface area contributed by atoms with E-state index in [0.717, 1.165) is 0 Å². The fourth-order valence-corrected chi connectivity index (χ4v) is 3.96. The van der Waals surface area contributed by atoms with Gasteiger partial charge in [-0.1, -0.05) is 26.0 Å². The Bertz CT molecular complexity index is 726. The summed E-state index contributed by atoms with van der Waals surface area (Å²) in [6.07, 6.45) is -0.625. The van der Waals surface area contributed by atoms with Gasteiger partial charge in [-0.05, 0) is 44.4 Å². The molecule has 1 rings (SSSR count). The summed E-state index contributed by atoms with van der Waals surface area (Å²) in [7, 11) is -3.44. The molecule has 0 bridgehead atoms. The fraction of sp³-hybridized carbons (Fsp3) is 0.556. The molecule has 1 unspecified atom stereocenters. The monoisotopic (exact) mass is 366 g/mol. The molecule has 1 aromatic rings. The Hall–Kier alpha value is -2.07. The molecule has 6 nitrogen and oxygen atoms in total. The topological polar surface area (TPSA) is 96.3 Å². The number of ether oxygens (including phenoxy) is 1. The van der Waals surface area contributed by atoms with E-state index in [-0.39, 0.29) is 17.4 Å². The zero-order chi connectivity index (χ0) is 19.3. The van der Waals surface area contributed by atoms with Gasteiger partial charge in [-0.25, -0.2) is 13.2 Å². The van der Waals surface area contributed by atoms with E-state index in [2.05, 4.69) is 5.32 Å². The lowest BCUT2D eigenvalue weighted by molar-refractivity contribution is 0.0497. The molecule has 0 radical (unpaired) electrons. The van der Waals surface area contributed by atoms with Gasteiger partial charge in [0.25, 0.3) is 0 Å². The summed E-state index contributed by atoms with van der Waals surface area (Å²) in [6, 6.07) is 7.88. The van der Waals surface area contributed by atoms with Crippen molar-refractivity contribution in [1.29, 1.82) is 5.26 Å². The number of carbonyl (C=O) groups excluding carboxylic acids is 1. The van der Waals surface area contributed by atoms with Crippen LogP contribution in [0, 0.1) is 17.2 Å². The highest BCUT2D eigenvalue weighted by molar-refractivity contribution is 7.90. The van der Waals surface area contributed by atoms with Gasteiger partial charge in [0, 0.05) is 6.04 Å². The molecule has 0 aromatic heterocycles. The van der Waals surface area contributed by atoms with Crippen LogP contribution < -0.4 is 5.32 Å². The third-order valence-corrected chi connectivity index (χ3v) is 5.05. The van der Waals surface area contributed by atoms with Crippen molar-refractivity contribution in [3.05, 3.63) is 35.4 Å². The molecule has 0 saturated heterocycles. The van der Waals surface area contributed by atoms with Gasteiger partial charge < -0.3 is 10.1 Å². The van der Waals surface area contributed by atoms with Gasteiger partial charge in [0.15, 0.2) is 9.84 Å². The van der Waals surface area contributed by atoms with Gasteiger partial charge in [-0.15, -0.1) is 0 Å². The van der Waals surface area contributed by atoms with E-state index >= 15 is 0 Å². The van der Waals surface area contributed by atoms with Crippen LogP contribution in [0.3, 0.4) is 0 Å². The first kappa shape index (κ1) is 21.0. The van der Waals surface area contributed by atoms with Gasteiger partial charge in [-0.3, -0.25) is 0 Å². The molecule has 0 aliphatic heterocycles. The summed E-state index contributed by atoms with van der Waals surface area (Å²) < 4.78 is 30.2. The summed E-state index contributed by atoms with van der Waals surface area (Å²) in [6.45, 7) is 8.94. The van der Waals surface area contributed by atoms with E-state index in [9.17, 15) is 13.2 Å². The van der Waals surface area contributed by atoms with Crippen LogP contribution in [0.1, 0.15) is 45.7 Å². The maximum atomic E-state index is 12.5. The summed E-state index contributed by atoms with van der Waals surface area (Å²) in [4.78, 5) is 11.9. The van der Waals surface area contributed by atoms with E-state index in [1.165, 1.54) is 0 Å². The number of rotatable bonds is 6. The molecule has 1 N–H and O–H groups in total. The van der Waals surface area contributed by atoms with Crippen molar-refractivity contribution >= 4 is 15.9 Å². The second-order valence-corrected chi connectivity index (χ2v) is 9.47. The van der Waals surface area contributed by atoms with Crippen LogP contribution in [0.5, 0.6) is 0 Å². The molecule has 1 atom stereocenters. The average molecular weight is 366 g/mol. The van der Waals surface area contributed by atoms with Crippen LogP contribution in [-0.4, -0.2) is 31.9 Å². The summed E-state index contributed by atoms with van der Waals surface area (Å²) >= 11 is 0. The number of nitriles is 1. The standard InChI is InChI=1S/C18H26N2O4S/c1-13(2)16(20-17(21)24-18(3,4)5)12-25(22,23)11-15-8-6-14(10-19)7-9-15/h6-9,13,16H,11-12H2,1-5H3,(H,20,21). The van der Waals surface area contributed by atoms with Crippen molar-refractivity contribution < 1.29 is 17.9 Å². The molecule has 7 heteroatoms. The minimum Gasteiger partial charge on any atom is -0.444 e. The lowest BCUT2D eigenvalue weighted by atomic mass is 10.1. The third-order valence-electron chi connectivity index (χ3n) is 3.41. The molecule has 1 aromatic carbocycles. The number of sulfone groups is 1. The van der Waals surface area contributed by atoms with Gasteiger partial charge in [0.1, 0.15) is 5.60 Å². The van der Waals surface area contributed by atoms with Crippen LogP contribution in [-0.2, 0) is 20.3 Å². The minimum atomic E-state index is -3.44. The third kappa shape index (κ3) is 8.03. The Balaban J connectivity index is 2.78. The fourth-order valence-electron chi connectivity index (χ4n) is 2.12. The highest BCUT2D eigenvalue weighted by Crippen LogP contribution is 2.14. The van der Waals surface area contributed by atoms with E-state index < -0.39 is 27.6 Å². The first-order valence-electron chi connectivity index (χ1n) is 8.11. The van der Waals surface area contributed by atoms with Gasteiger partial charge in [0.2, 0.25) is 0 Å². The largest absolute Gasteiger partial charge is 0.444 e. The zero-order valence-corrected chi connectivity index (χ0v) is 16.2. The molecule has 25 heavy (non-hydrogen) atoms. The highest BCUT2D eigenvalue weighted by Gasteiger charge is 2.26. The van der Waals surface area contributed by atoms with Crippen molar-refractivity contribution in [2.24, 2.45) is 5.92 Å². The number of nitrogens with zero attached hydrogens (tertiary/aromatic N) is 1. The molecule has 1 amide bonds. The molecule has 0 fully saturated rings. The predicted octanol–water partition coefficient (Wildman–Crippen LogP) is 3.02. The Morgan fingerprint density at radius 3 is 2.24 bits per heavy atom. The lowest BCUT2D eigenvalue weighted by Gasteiger charge is -2.25. The summed E-state index contributed by atoms with van der Waals surface area (Å²) in [5.74, 6) is -0.384. The van der Waals surface area contributed by atoms with Crippen LogP contribution in [0.15, 0.2) is 24.3 Å². The van der Waals surface area contributed by atoms with Crippen molar-refractivity contribution in [3.63, 3.8) is 0 Å². The number of nitrogens with one attached hydrogen (secondary N) is 1. The molecular formula is C18H26N2O4S. The molecule has 0 spiro atoms. The quantitative estimate of drug-likeness (QED) is 0.835. The molecule has 0 heterocycles. The Labute approximate surface area is 150 Å². The van der Waals surface area contributed by atoms with Crippen molar-refractivity contribution in [3.8, 4) is 6.07 Å². The van der Waals surface area contributed by atoms with E-state index in [4.69, 9.17) is 10.00 Å². The molecular weight excluding hydrogens is 340 g/mol. The van der Waals surface area contributed by atoms with E-state index in [1.54, 1.807) is 45.0 Å². The second-order valence-electron chi connectivity index (χ2n) is 7.36. The molecule has 0 aliphatic carbocycles. The Morgan fingerprint density at radius 1 is 1.24 bits per heavy atom. The lowest BCUT2D eigenvalue weighted by Crippen LogP contribution is -2.45. The second kappa shape index (κ2) is 8.34. The Morgan fingerprint density at radius 2 is 1.80 bits per heavy atom. The summed E-state index contributed by atoms with van der Waals surface area (Å²) in [5.41, 5.74) is 0.444. The normalized spacial score (nSPS) is 13.2. The number of benzene rings is 1. The van der Waals surface area contributed by atoms with Crippen molar-refractivity contribution in [2.75, 3.05) is 5.75 Å². The Kier molecular flexibility index (Phi) is 7.00. The maximum Gasteiger partial charge on any atom is 0.407 e. The number of hydrogen-bond donors (Lipinski definition) is 1. The van der Waals surface area contributed by atoms with E-state index in [0.29, 0.717) is 11.1 Å². The predicted molar refractivity (Wildman–Crippen MR) is 96.6 cm³/mol. The summed E-state index contributed by atoms with van der Waals surface area (Å²) in [5, 5.41) is 11.4. The number of amides is 1. The smallest absolute Gasteiger partial charge is 0.407 e. The molecule has 0 saturated carbocycles. The van der Waals surface area contributed by atoms with Crippen molar-refractivity contribution in [1.82, 2.24) is 5.32 Å². The van der Waals surface area contributed by atoms with Crippen LogP contribution >= 0.6 is 0 Å². The first-order valence-corrected chi connectivity index (χ1v) is 9.93. The average Bonchev–Trinajstić information content (AvgIpc) is 2.44. The van der Waals surface area contributed by atoms with Crippen LogP contribution in [0.25, 0.3) is 0 Å². The minimum absolute atomic E-state index is 0.0664. The van der Waals surface area contributed by atoms with Gasteiger partial charge in [0.05, 0.1) is 23.1 Å². The number of carbonyl (C=O) groups is 1. The maximum absolute atomic E-state index is 12.5.